The van der Waals surface area contributed by atoms with E-state index in [1.165, 1.54) is 6.08 Å². The minimum atomic E-state index is -1.29. The Morgan fingerprint density at radius 3 is 2.64 bits per heavy atom. The second kappa shape index (κ2) is 7.96. The summed E-state index contributed by atoms with van der Waals surface area (Å²) in [5, 5.41) is 2.06. The fourth-order valence-corrected chi connectivity index (χ4v) is 1.84. The summed E-state index contributed by atoms with van der Waals surface area (Å²) in [6.45, 7) is 8.96. The van der Waals surface area contributed by atoms with Gasteiger partial charge in [0.15, 0.2) is 5.92 Å². The van der Waals surface area contributed by atoms with Crippen molar-refractivity contribution in [2.24, 2.45) is 5.92 Å². The summed E-state index contributed by atoms with van der Waals surface area (Å²) in [6, 6.07) is -0.800. The average molecular weight is 308 g/mol. The van der Waals surface area contributed by atoms with Crippen LogP contribution in [0, 0.1) is 5.92 Å². The number of hydrogen-bond acceptors (Lipinski definition) is 5. The number of amides is 5. The molecule has 8 nitrogen and oxygen atoms in total. The van der Waals surface area contributed by atoms with E-state index in [4.69, 9.17) is 0 Å². The highest BCUT2D eigenvalue weighted by molar-refractivity contribution is 6.17. The van der Waals surface area contributed by atoms with Crippen molar-refractivity contribution in [3.05, 3.63) is 24.9 Å². The Kier molecular flexibility index (Phi) is 6.30. The number of carbonyl (C=O) groups is 4. The van der Waals surface area contributed by atoms with Gasteiger partial charge in [-0.3, -0.25) is 30.0 Å². The molecule has 1 rings (SSSR count). The molecule has 1 heterocycles. The molecule has 0 aromatic rings. The SMILES string of the molecule is C=CCN1C(=O)NC(=O)[C@@H](C(=C)NNC(=O)CCCC)C1=O. The monoisotopic (exact) mass is 308 g/mol. The van der Waals surface area contributed by atoms with Gasteiger partial charge in [0.05, 0.1) is 0 Å². The first-order valence-electron chi connectivity index (χ1n) is 6.93. The molecule has 8 heteroatoms. The largest absolute Gasteiger partial charge is 0.331 e. The van der Waals surface area contributed by atoms with E-state index in [1.54, 1.807) is 0 Å². The molecule has 1 saturated heterocycles. The van der Waals surface area contributed by atoms with Gasteiger partial charge in [0.25, 0.3) is 0 Å². The second-order valence-electron chi connectivity index (χ2n) is 4.77. The van der Waals surface area contributed by atoms with E-state index in [0.717, 1.165) is 17.7 Å². The minimum Gasteiger partial charge on any atom is -0.302 e. The topological polar surface area (TPSA) is 108 Å². The van der Waals surface area contributed by atoms with Crippen LogP contribution >= 0.6 is 0 Å². The summed E-state index contributed by atoms with van der Waals surface area (Å²) in [7, 11) is 0. The Balaban J connectivity index is 2.68. The summed E-state index contributed by atoms with van der Waals surface area (Å²) < 4.78 is 0. The van der Waals surface area contributed by atoms with Crippen LogP contribution in [0.2, 0.25) is 0 Å². The maximum Gasteiger partial charge on any atom is 0.331 e. The molecule has 3 N–H and O–H groups in total. The molecule has 0 aliphatic carbocycles. The average Bonchev–Trinajstić information content (AvgIpc) is 2.47. The molecule has 1 atom stereocenters. The van der Waals surface area contributed by atoms with Gasteiger partial charge in [-0.05, 0) is 6.42 Å². The second-order valence-corrected chi connectivity index (χ2v) is 4.77. The number of carbonyl (C=O) groups excluding carboxylic acids is 4. The third-order valence-electron chi connectivity index (χ3n) is 3.03. The van der Waals surface area contributed by atoms with Crippen molar-refractivity contribution >= 4 is 23.8 Å². The van der Waals surface area contributed by atoms with Crippen LogP contribution in [0.5, 0.6) is 0 Å². The zero-order valence-corrected chi connectivity index (χ0v) is 12.5. The highest BCUT2D eigenvalue weighted by Gasteiger charge is 2.41. The van der Waals surface area contributed by atoms with Crippen LogP contribution < -0.4 is 16.2 Å². The normalized spacial score (nSPS) is 17.8. The Bertz CT molecular complexity index is 515. The lowest BCUT2D eigenvalue weighted by atomic mass is 10.0. The van der Waals surface area contributed by atoms with E-state index in [2.05, 4.69) is 29.3 Å². The number of hydrazine groups is 1. The number of barbiturate groups is 1. The van der Waals surface area contributed by atoms with Gasteiger partial charge in [0, 0.05) is 18.7 Å². The van der Waals surface area contributed by atoms with Gasteiger partial charge in [0.1, 0.15) is 0 Å². The van der Waals surface area contributed by atoms with Crippen molar-refractivity contribution in [3.8, 4) is 0 Å². The van der Waals surface area contributed by atoms with Gasteiger partial charge in [-0.1, -0.05) is 26.0 Å². The lowest BCUT2D eigenvalue weighted by Gasteiger charge is -2.30. The Morgan fingerprint density at radius 2 is 2.05 bits per heavy atom. The molecule has 1 aliphatic heterocycles. The van der Waals surface area contributed by atoms with Gasteiger partial charge < -0.3 is 5.43 Å². The van der Waals surface area contributed by atoms with Crippen molar-refractivity contribution in [2.75, 3.05) is 6.54 Å². The Hall–Kier alpha value is -2.64. The third kappa shape index (κ3) is 4.18. The number of nitrogens with one attached hydrogen (secondary N) is 3. The lowest BCUT2D eigenvalue weighted by Crippen LogP contribution is -2.59. The molecule has 120 valence electrons. The zero-order valence-electron chi connectivity index (χ0n) is 12.5. The van der Waals surface area contributed by atoms with Gasteiger partial charge in [-0.15, -0.1) is 6.58 Å². The first-order chi connectivity index (χ1) is 10.4. The Labute approximate surface area is 128 Å². The van der Waals surface area contributed by atoms with Gasteiger partial charge in [0.2, 0.25) is 17.7 Å². The smallest absolute Gasteiger partial charge is 0.302 e. The predicted molar refractivity (Wildman–Crippen MR) is 78.9 cm³/mol. The molecular formula is C14H20N4O4. The first-order valence-corrected chi connectivity index (χ1v) is 6.93. The number of urea groups is 1. The molecule has 0 aromatic heterocycles. The van der Waals surface area contributed by atoms with Crippen LogP contribution in [0.15, 0.2) is 24.9 Å². The highest BCUT2D eigenvalue weighted by Crippen LogP contribution is 2.15. The summed E-state index contributed by atoms with van der Waals surface area (Å²) in [5.41, 5.74) is 4.82. The molecule has 0 saturated carbocycles. The molecule has 1 aliphatic rings. The van der Waals surface area contributed by atoms with Crippen molar-refractivity contribution in [1.29, 1.82) is 0 Å². The molecule has 0 bridgehead atoms. The summed E-state index contributed by atoms with van der Waals surface area (Å²) in [6.07, 6.45) is 3.29. The van der Waals surface area contributed by atoms with E-state index in [-0.39, 0.29) is 18.1 Å². The maximum atomic E-state index is 12.2. The number of rotatable bonds is 8. The summed E-state index contributed by atoms with van der Waals surface area (Å²) in [4.78, 5) is 47.9. The molecular weight excluding hydrogens is 288 g/mol. The summed E-state index contributed by atoms with van der Waals surface area (Å²) >= 11 is 0. The summed E-state index contributed by atoms with van der Waals surface area (Å²) in [5.74, 6) is -3.06. The van der Waals surface area contributed by atoms with Crippen molar-refractivity contribution in [3.63, 3.8) is 0 Å². The van der Waals surface area contributed by atoms with Gasteiger partial charge >= 0.3 is 6.03 Å². The molecule has 5 amide bonds. The highest BCUT2D eigenvalue weighted by atomic mass is 16.2. The van der Waals surface area contributed by atoms with Crippen molar-refractivity contribution in [1.82, 2.24) is 21.1 Å². The van der Waals surface area contributed by atoms with E-state index >= 15 is 0 Å². The van der Waals surface area contributed by atoms with E-state index in [9.17, 15) is 19.2 Å². The van der Waals surface area contributed by atoms with Crippen LogP contribution in [-0.2, 0) is 14.4 Å². The van der Waals surface area contributed by atoms with Crippen LogP contribution in [-0.4, -0.2) is 35.2 Å². The molecule has 0 radical (unpaired) electrons. The molecule has 1 fully saturated rings. The molecule has 0 aromatic carbocycles. The molecule has 0 spiro atoms. The minimum absolute atomic E-state index is 0.00564. The lowest BCUT2D eigenvalue weighted by molar-refractivity contribution is -0.141. The number of imide groups is 2. The van der Waals surface area contributed by atoms with Crippen molar-refractivity contribution < 1.29 is 19.2 Å². The maximum absolute atomic E-state index is 12.2. The molecule has 0 unspecified atom stereocenters. The third-order valence-corrected chi connectivity index (χ3v) is 3.03. The predicted octanol–water partition coefficient (Wildman–Crippen LogP) is 0.192. The Morgan fingerprint density at radius 1 is 1.36 bits per heavy atom. The standard InChI is InChI=1S/C14H20N4O4/c1-4-6-7-10(19)17-16-9(3)11-12(20)15-14(22)18(8-5-2)13(11)21/h5,11,16H,2-4,6-8H2,1H3,(H,17,19)(H,15,20,22)/t11-/m1/s1. The van der Waals surface area contributed by atoms with E-state index in [1.807, 2.05) is 6.92 Å². The van der Waals surface area contributed by atoms with Gasteiger partial charge in [-0.2, -0.15) is 0 Å². The fourth-order valence-electron chi connectivity index (χ4n) is 1.84. The van der Waals surface area contributed by atoms with Crippen LogP contribution in [0.25, 0.3) is 0 Å². The molecule has 22 heavy (non-hydrogen) atoms. The van der Waals surface area contributed by atoms with E-state index in [0.29, 0.717) is 6.42 Å². The first kappa shape index (κ1) is 17.4. The van der Waals surface area contributed by atoms with E-state index < -0.39 is 23.8 Å². The van der Waals surface area contributed by atoms with Crippen molar-refractivity contribution in [2.45, 2.75) is 26.2 Å². The van der Waals surface area contributed by atoms with Gasteiger partial charge in [-0.25, -0.2) is 4.79 Å². The fraction of sp³-hybridized carbons (Fsp3) is 0.429. The zero-order chi connectivity index (χ0) is 16.7. The van der Waals surface area contributed by atoms with Crippen LogP contribution in [0.3, 0.4) is 0 Å². The number of unbranched alkanes of at least 4 members (excludes halogenated alkanes) is 1. The van der Waals surface area contributed by atoms with Crippen LogP contribution in [0.1, 0.15) is 26.2 Å². The number of hydrogen-bond donors (Lipinski definition) is 3. The van der Waals surface area contributed by atoms with Crippen LogP contribution in [0.4, 0.5) is 4.79 Å². The number of nitrogens with zero attached hydrogens (tertiary/aromatic N) is 1. The quantitative estimate of drug-likeness (QED) is 0.337.